The van der Waals surface area contributed by atoms with Crippen molar-refractivity contribution >= 4 is 17.4 Å². The molecule has 2 bridgehead atoms. The molecule has 6 heteroatoms. The highest BCUT2D eigenvalue weighted by Crippen LogP contribution is 2.52. The molecule has 1 aromatic rings. The molecule has 3 rings (SSSR count). The molecule has 2 atom stereocenters. The lowest BCUT2D eigenvalue weighted by Crippen LogP contribution is -2.26. The number of hydrogen-bond acceptors (Lipinski definition) is 3. The number of alkyl halides is 3. The molecule has 0 heterocycles. The third kappa shape index (κ3) is 6.20. The number of carbonyl (C=O) groups is 1. The van der Waals surface area contributed by atoms with Crippen molar-refractivity contribution < 1.29 is 22.7 Å². The normalized spacial score (nSPS) is 26.0. The SMILES string of the molecule is C=C(N=C(OC)C(F)(F)F)c1ccc(C(=O)CCCCC2(C)CC3CCC(C3)C2)cc1. The molecule has 0 N–H and O–H groups in total. The van der Waals surface area contributed by atoms with Crippen molar-refractivity contribution in [3.05, 3.63) is 42.0 Å². The molecule has 1 aromatic carbocycles. The van der Waals surface area contributed by atoms with E-state index in [9.17, 15) is 18.0 Å². The second-order valence-corrected chi connectivity index (χ2v) is 9.54. The number of methoxy groups -OCH3 is 1. The molecule has 0 saturated heterocycles. The van der Waals surface area contributed by atoms with Gasteiger partial charge in [0.05, 0.1) is 12.8 Å². The van der Waals surface area contributed by atoms with Crippen molar-refractivity contribution in [1.82, 2.24) is 0 Å². The Bertz CT molecular complexity index is 814. The molecule has 170 valence electrons. The first kappa shape index (κ1) is 23.6. The van der Waals surface area contributed by atoms with Gasteiger partial charge in [0, 0.05) is 12.0 Å². The van der Waals surface area contributed by atoms with Gasteiger partial charge in [0.2, 0.25) is 0 Å². The van der Waals surface area contributed by atoms with Crippen LogP contribution in [0.5, 0.6) is 0 Å². The monoisotopic (exact) mass is 435 g/mol. The van der Waals surface area contributed by atoms with E-state index in [-0.39, 0.29) is 11.5 Å². The first-order chi connectivity index (χ1) is 14.6. The van der Waals surface area contributed by atoms with Gasteiger partial charge in [-0.15, -0.1) is 0 Å². The maximum absolute atomic E-state index is 12.8. The van der Waals surface area contributed by atoms with Gasteiger partial charge in [0.15, 0.2) is 5.78 Å². The number of fused-ring (bicyclic) bond motifs is 2. The Kier molecular flexibility index (Phi) is 7.28. The summed E-state index contributed by atoms with van der Waals surface area (Å²) in [5, 5.41) is 0. The van der Waals surface area contributed by atoms with E-state index in [4.69, 9.17) is 0 Å². The number of hydrogen-bond donors (Lipinski definition) is 0. The summed E-state index contributed by atoms with van der Waals surface area (Å²) in [6.45, 7) is 5.99. The minimum Gasteiger partial charge on any atom is -0.478 e. The number of halogens is 3. The van der Waals surface area contributed by atoms with Gasteiger partial charge in [-0.05, 0) is 54.9 Å². The molecule has 2 unspecified atom stereocenters. The molecule has 0 aliphatic heterocycles. The topological polar surface area (TPSA) is 38.7 Å². The van der Waals surface area contributed by atoms with E-state index in [0.717, 1.165) is 31.8 Å². The Morgan fingerprint density at radius 3 is 2.26 bits per heavy atom. The Morgan fingerprint density at radius 2 is 1.71 bits per heavy atom. The highest BCUT2D eigenvalue weighted by atomic mass is 19.4. The Hall–Kier alpha value is -2.11. The molecule has 3 nitrogen and oxygen atoms in total. The summed E-state index contributed by atoms with van der Waals surface area (Å²) in [5.74, 6) is 0.540. The molecular weight excluding hydrogens is 403 g/mol. The highest BCUT2D eigenvalue weighted by molar-refractivity contribution is 5.96. The Balaban J connectivity index is 1.48. The maximum atomic E-state index is 12.8. The standard InChI is InChI=1S/C25H32F3NO2/c1-17(29-23(31-3)25(26,27)28)20-9-11-21(12-10-20)22(30)6-4-5-13-24(2)15-18-7-8-19(14-18)16-24/h9-12,18-19H,1,4-8,13-16H2,2-3H3. The molecule has 2 aliphatic rings. The van der Waals surface area contributed by atoms with Gasteiger partial charge in [0.25, 0.3) is 5.90 Å². The van der Waals surface area contributed by atoms with Crippen LogP contribution >= 0.6 is 0 Å². The number of carbonyl (C=O) groups excluding carboxylic acids is 1. The van der Waals surface area contributed by atoms with Crippen molar-refractivity contribution in [2.45, 2.75) is 70.9 Å². The third-order valence-corrected chi connectivity index (χ3v) is 6.86. The quantitative estimate of drug-likeness (QED) is 0.187. The fraction of sp³-hybridized carbons (Fsp3) is 0.600. The lowest BCUT2D eigenvalue weighted by atomic mass is 9.68. The average Bonchev–Trinajstić information content (AvgIpc) is 3.07. The average molecular weight is 436 g/mol. The van der Waals surface area contributed by atoms with E-state index in [2.05, 4.69) is 23.2 Å². The van der Waals surface area contributed by atoms with Crippen molar-refractivity contribution in [1.29, 1.82) is 0 Å². The maximum Gasteiger partial charge on any atom is 0.468 e. The van der Waals surface area contributed by atoms with Gasteiger partial charge >= 0.3 is 6.18 Å². The van der Waals surface area contributed by atoms with Crippen LogP contribution in [0, 0.1) is 17.3 Å². The van der Waals surface area contributed by atoms with E-state index in [1.54, 1.807) is 24.3 Å². The van der Waals surface area contributed by atoms with Crippen LogP contribution < -0.4 is 0 Å². The van der Waals surface area contributed by atoms with Crippen LogP contribution in [0.2, 0.25) is 0 Å². The molecule has 31 heavy (non-hydrogen) atoms. The second kappa shape index (κ2) is 9.58. The zero-order chi connectivity index (χ0) is 22.6. The number of aliphatic imine (C=N–C) groups is 1. The van der Waals surface area contributed by atoms with Crippen LogP contribution in [-0.2, 0) is 4.74 Å². The summed E-state index contributed by atoms with van der Waals surface area (Å²) in [6.07, 6.45) is 5.81. The molecule has 2 fully saturated rings. The predicted octanol–water partition coefficient (Wildman–Crippen LogP) is 7.22. The molecule has 0 radical (unpaired) electrons. The van der Waals surface area contributed by atoms with Crippen LogP contribution in [0.4, 0.5) is 13.2 Å². The summed E-state index contributed by atoms with van der Waals surface area (Å²) in [4.78, 5) is 15.9. The van der Waals surface area contributed by atoms with Gasteiger partial charge in [-0.3, -0.25) is 4.79 Å². The van der Waals surface area contributed by atoms with Crippen LogP contribution in [-0.4, -0.2) is 25.0 Å². The van der Waals surface area contributed by atoms with Crippen LogP contribution in [0.3, 0.4) is 0 Å². The van der Waals surface area contributed by atoms with E-state index in [0.29, 0.717) is 23.0 Å². The van der Waals surface area contributed by atoms with E-state index in [1.807, 2.05) is 0 Å². The van der Waals surface area contributed by atoms with Gasteiger partial charge in [-0.2, -0.15) is 13.2 Å². The number of ketones is 1. The number of benzene rings is 1. The molecule has 0 amide bonds. The van der Waals surface area contributed by atoms with Crippen LogP contribution in [0.25, 0.3) is 5.70 Å². The smallest absolute Gasteiger partial charge is 0.468 e. The van der Waals surface area contributed by atoms with Gasteiger partial charge in [-0.25, -0.2) is 4.99 Å². The minimum atomic E-state index is -4.68. The number of Topliss-reactive ketones (excluding diaryl/α,β-unsaturated/α-hetero) is 1. The summed E-state index contributed by atoms with van der Waals surface area (Å²) in [7, 11) is 0.917. The molecule has 2 aliphatic carbocycles. The van der Waals surface area contributed by atoms with Gasteiger partial charge in [-0.1, -0.05) is 57.0 Å². The number of rotatable bonds is 8. The molecule has 0 aromatic heterocycles. The van der Waals surface area contributed by atoms with Crippen molar-refractivity contribution in [2.24, 2.45) is 22.2 Å². The van der Waals surface area contributed by atoms with Crippen molar-refractivity contribution in [3.8, 4) is 0 Å². The fourth-order valence-corrected chi connectivity index (χ4v) is 5.47. The number of nitrogens with zero attached hydrogens (tertiary/aromatic N) is 1. The summed E-state index contributed by atoms with van der Waals surface area (Å²) in [5.41, 5.74) is 1.34. The van der Waals surface area contributed by atoms with E-state index >= 15 is 0 Å². The molecule has 0 spiro atoms. The third-order valence-electron chi connectivity index (χ3n) is 6.86. The zero-order valence-corrected chi connectivity index (χ0v) is 18.4. The number of unbranched alkanes of at least 4 members (excludes halogenated alkanes) is 1. The van der Waals surface area contributed by atoms with Gasteiger partial charge in [0.1, 0.15) is 0 Å². The van der Waals surface area contributed by atoms with Crippen molar-refractivity contribution in [2.75, 3.05) is 7.11 Å². The summed E-state index contributed by atoms with van der Waals surface area (Å²) >= 11 is 0. The van der Waals surface area contributed by atoms with Crippen molar-refractivity contribution in [3.63, 3.8) is 0 Å². The number of ether oxygens (including phenoxy) is 1. The first-order valence-corrected chi connectivity index (χ1v) is 11.1. The Morgan fingerprint density at radius 1 is 1.13 bits per heavy atom. The molecular formula is C25H32F3NO2. The Labute approximate surface area is 182 Å². The second-order valence-electron chi connectivity index (χ2n) is 9.54. The summed E-state index contributed by atoms with van der Waals surface area (Å²) < 4.78 is 42.6. The largest absolute Gasteiger partial charge is 0.478 e. The van der Waals surface area contributed by atoms with E-state index in [1.165, 1.54) is 38.5 Å². The fourth-order valence-electron chi connectivity index (χ4n) is 5.47. The molecule has 2 saturated carbocycles. The predicted molar refractivity (Wildman–Crippen MR) is 117 cm³/mol. The lowest BCUT2D eigenvalue weighted by molar-refractivity contribution is -0.0754. The minimum absolute atomic E-state index is 0.0578. The van der Waals surface area contributed by atoms with Crippen LogP contribution in [0.15, 0.2) is 35.8 Å². The van der Waals surface area contributed by atoms with E-state index < -0.39 is 12.1 Å². The zero-order valence-electron chi connectivity index (χ0n) is 18.4. The van der Waals surface area contributed by atoms with Crippen LogP contribution in [0.1, 0.15) is 80.6 Å². The lowest BCUT2D eigenvalue weighted by Gasteiger charge is -2.38. The first-order valence-electron chi connectivity index (χ1n) is 11.1. The highest BCUT2D eigenvalue weighted by Gasteiger charge is 2.40. The van der Waals surface area contributed by atoms with Gasteiger partial charge < -0.3 is 4.74 Å². The summed E-state index contributed by atoms with van der Waals surface area (Å²) in [6, 6.07) is 6.39.